The van der Waals surface area contributed by atoms with Gasteiger partial charge in [0.2, 0.25) is 0 Å². The standard InChI is InChI=1S/C11H14O5/c1-5-3-7(12)4-6(2)8(5)9(13)10(14)11(15)16/h3-4,9-10,12-14H,1-2H3,(H,15,16). The Balaban J connectivity index is 3.18. The van der Waals surface area contributed by atoms with Gasteiger partial charge in [-0.15, -0.1) is 0 Å². The van der Waals surface area contributed by atoms with E-state index in [4.69, 9.17) is 5.11 Å². The van der Waals surface area contributed by atoms with Crippen molar-refractivity contribution in [2.45, 2.75) is 26.1 Å². The summed E-state index contributed by atoms with van der Waals surface area (Å²) in [6, 6.07) is 2.81. The normalized spacial score (nSPS) is 14.5. The zero-order valence-electron chi connectivity index (χ0n) is 9.01. The van der Waals surface area contributed by atoms with Gasteiger partial charge in [0.05, 0.1) is 0 Å². The smallest absolute Gasteiger partial charge is 0.335 e. The van der Waals surface area contributed by atoms with E-state index >= 15 is 0 Å². The van der Waals surface area contributed by atoms with Gasteiger partial charge in [0.1, 0.15) is 11.9 Å². The monoisotopic (exact) mass is 226 g/mol. The molecule has 0 bridgehead atoms. The van der Waals surface area contributed by atoms with Crippen LogP contribution in [0.4, 0.5) is 0 Å². The van der Waals surface area contributed by atoms with E-state index in [9.17, 15) is 20.1 Å². The first-order valence-electron chi connectivity index (χ1n) is 4.73. The predicted molar refractivity (Wildman–Crippen MR) is 56.2 cm³/mol. The zero-order chi connectivity index (χ0) is 12.5. The molecule has 0 spiro atoms. The van der Waals surface area contributed by atoms with E-state index < -0.39 is 18.2 Å². The first-order chi connectivity index (χ1) is 7.34. The molecule has 0 saturated carbocycles. The zero-order valence-corrected chi connectivity index (χ0v) is 9.01. The van der Waals surface area contributed by atoms with Crippen molar-refractivity contribution in [1.82, 2.24) is 0 Å². The second-order valence-electron chi connectivity index (χ2n) is 3.72. The molecule has 0 aliphatic heterocycles. The van der Waals surface area contributed by atoms with Gasteiger partial charge in [-0.05, 0) is 42.7 Å². The highest BCUT2D eigenvalue weighted by atomic mass is 16.4. The largest absolute Gasteiger partial charge is 0.508 e. The summed E-state index contributed by atoms with van der Waals surface area (Å²) in [4.78, 5) is 10.5. The van der Waals surface area contributed by atoms with E-state index in [1.807, 2.05) is 0 Å². The van der Waals surface area contributed by atoms with Crippen molar-refractivity contribution < 1.29 is 25.2 Å². The number of carboxylic acids is 1. The molecular weight excluding hydrogens is 212 g/mol. The van der Waals surface area contributed by atoms with Crippen LogP contribution in [-0.2, 0) is 4.79 Å². The van der Waals surface area contributed by atoms with E-state index in [2.05, 4.69) is 0 Å². The molecule has 5 nitrogen and oxygen atoms in total. The van der Waals surface area contributed by atoms with Crippen LogP contribution in [0.15, 0.2) is 12.1 Å². The highest BCUT2D eigenvalue weighted by molar-refractivity contribution is 5.73. The average molecular weight is 226 g/mol. The summed E-state index contributed by atoms with van der Waals surface area (Å²) in [5.74, 6) is -1.45. The van der Waals surface area contributed by atoms with E-state index in [1.165, 1.54) is 12.1 Å². The SMILES string of the molecule is Cc1cc(O)cc(C)c1C(O)C(O)C(=O)O. The van der Waals surface area contributed by atoms with Crippen molar-refractivity contribution in [1.29, 1.82) is 0 Å². The van der Waals surface area contributed by atoms with Gasteiger partial charge in [-0.1, -0.05) is 0 Å². The molecule has 0 radical (unpaired) electrons. The molecule has 4 N–H and O–H groups in total. The lowest BCUT2D eigenvalue weighted by atomic mass is 9.94. The van der Waals surface area contributed by atoms with E-state index in [0.29, 0.717) is 16.7 Å². The first-order valence-corrected chi connectivity index (χ1v) is 4.73. The van der Waals surface area contributed by atoms with Crippen molar-refractivity contribution in [2.24, 2.45) is 0 Å². The summed E-state index contributed by atoms with van der Waals surface area (Å²) in [5, 5.41) is 36.8. The molecule has 88 valence electrons. The third-order valence-electron chi connectivity index (χ3n) is 2.43. The van der Waals surface area contributed by atoms with Crippen molar-refractivity contribution in [3.8, 4) is 5.75 Å². The van der Waals surface area contributed by atoms with Crippen LogP contribution in [0.25, 0.3) is 0 Å². The minimum absolute atomic E-state index is 0.0377. The molecule has 5 heteroatoms. The fourth-order valence-electron chi connectivity index (χ4n) is 1.71. The summed E-state index contributed by atoms with van der Waals surface area (Å²) >= 11 is 0. The van der Waals surface area contributed by atoms with Crippen LogP contribution in [0.1, 0.15) is 22.8 Å². The molecule has 0 aliphatic rings. The molecule has 0 saturated heterocycles. The summed E-state index contributed by atoms with van der Waals surface area (Å²) in [6.45, 7) is 3.25. The molecule has 2 unspecified atom stereocenters. The molecule has 0 aliphatic carbocycles. The highest BCUT2D eigenvalue weighted by Gasteiger charge is 2.27. The number of aliphatic hydroxyl groups is 2. The number of phenolic OH excluding ortho intramolecular Hbond substituents is 1. The molecule has 1 rings (SSSR count). The third-order valence-corrected chi connectivity index (χ3v) is 2.43. The maximum absolute atomic E-state index is 10.5. The number of hydrogen-bond donors (Lipinski definition) is 4. The van der Waals surface area contributed by atoms with Crippen LogP contribution in [0.5, 0.6) is 5.75 Å². The Morgan fingerprint density at radius 2 is 1.62 bits per heavy atom. The number of rotatable bonds is 3. The third kappa shape index (κ3) is 2.32. The Bertz CT molecular complexity index is 390. The molecule has 0 heterocycles. The molecule has 0 fully saturated rings. The Labute approximate surface area is 92.6 Å². The van der Waals surface area contributed by atoms with Crippen molar-refractivity contribution in [3.63, 3.8) is 0 Å². The van der Waals surface area contributed by atoms with Gasteiger partial charge >= 0.3 is 5.97 Å². The van der Waals surface area contributed by atoms with Crippen molar-refractivity contribution in [3.05, 3.63) is 28.8 Å². The van der Waals surface area contributed by atoms with Gasteiger partial charge in [0.25, 0.3) is 0 Å². The fraction of sp³-hybridized carbons (Fsp3) is 0.364. The maximum Gasteiger partial charge on any atom is 0.335 e. The van der Waals surface area contributed by atoms with Crippen LogP contribution < -0.4 is 0 Å². The molecule has 1 aromatic carbocycles. The van der Waals surface area contributed by atoms with Gasteiger partial charge in [-0.2, -0.15) is 0 Å². The molecule has 2 atom stereocenters. The molecule has 0 amide bonds. The Kier molecular flexibility index (Phi) is 3.51. The number of carboxylic acid groups (broad SMARTS) is 1. The summed E-state index contributed by atoms with van der Waals surface area (Å²) < 4.78 is 0. The summed E-state index contributed by atoms with van der Waals surface area (Å²) in [7, 11) is 0. The minimum atomic E-state index is -1.87. The summed E-state index contributed by atoms with van der Waals surface area (Å²) in [6.07, 6.45) is -3.37. The molecule has 0 aromatic heterocycles. The van der Waals surface area contributed by atoms with Gasteiger partial charge < -0.3 is 20.4 Å². The Hall–Kier alpha value is -1.59. The van der Waals surface area contributed by atoms with E-state index in [-0.39, 0.29) is 5.75 Å². The van der Waals surface area contributed by atoms with Gasteiger partial charge in [-0.25, -0.2) is 4.79 Å². The lowest BCUT2D eigenvalue weighted by Gasteiger charge is -2.19. The van der Waals surface area contributed by atoms with Crippen LogP contribution in [0.2, 0.25) is 0 Å². The first kappa shape index (κ1) is 12.5. The van der Waals surface area contributed by atoms with Crippen LogP contribution in [0.3, 0.4) is 0 Å². The quantitative estimate of drug-likeness (QED) is 0.601. The number of aliphatic hydroxyl groups excluding tert-OH is 2. The summed E-state index contributed by atoms with van der Waals surface area (Å²) in [5.41, 5.74) is 1.39. The number of aromatic hydroxyl groups is 1. The second-order valence-corrected chi connectivity index (χ2v) is 3.72. The lowest BCUT2D eigenvalue weighted by molar-refractivity contribution is -0.153. The highest BCUT2D eigenvalue weighted by Crippen LogP contribution is 2.28. The fourth-order valence-corrected chi connectivity index (χ4v) is 1.71. The van der Waals surface area contributed by atoms with E-state index in [1.54, 1.807) is 13.8 Å². The average Bonchev–Trinajstić information content (AvgIpc) is 2.14. The number of carbonyl (C=O) groups is 1. The molecule has 16 heavy (non-hydrogen) atoms. The van der Waals surface area contributed by atoms with Crippen molar-refractivity contribution >= 4 is 5.97 Å². The number of phenols is 1. The lowest BCUT2D eigenvalue weighted by Crippen LogP contribution is -2.28. The predicted octanol–water partition coefficient (Wildman–Crippen LogP) is 0.488. The number of benzene rings is 1. The molecule has 1 aromatic rings. The van der Waals surface area contributed by atoms with Crippen LogP contribution >= 0.6 is 0 Å². The maximum atomic E-state index is 10.5. The minimum Gasteiger partial charge on any atom is -0.508 e. The number of aryl methyl sites for hydroxylation is 2. The Morgan fingerprint density at radius 3 is 2.00 bits per heavy atom. The van der Waals surface area contributed by atoms with Crippen molar-refractivity contribution in [2.75, 3.05) is 0 Å². The van der Waals surface area contributed by atoms with Gasteiger partial charge in [-0.3, -0.25) is 0 Å². The van der Waals surface area contributed by atoms with Crippen LogP contribution in [0, 0.1) is 13.8 Å². The molecular formula is C11H14O5. The van der Waals surface area contributed by atoms with E-state index in [0.717, 1.165) is 0 Å². The number of aliphatic carboxylic acids is 1. The Morgan fingerprint density at radius 1 is 1.19 bits per heavy atom. The van der Waals surface area contributed by atoms with Gasteiger partial charge in [0.15, 0.2) is 6.10 Å². The van der Waals surface area contributed by atoms with Gasteiger partial charge in [0, 0.05) is 0 Å². The second kappa shape index (κ2) is 4.51. The number of hydrogen-bond acceptors (Lipinski definition) is 4. The topological polar surface area (TPSA) is 98.0 Å². The van der Waals surface area contributed by atoms with Crippen LogP contribution in [-0.4, -0.2) is 32.5 Å².